The third-order valence-electron chi connectivity index (χ3n) is 9.42. The molecular formula is C35H56F2N6O5P+. The number of ether oxygens (including phenoxy) is 1. The highest BCUT2D eigenvalue weighted by molar-refractivity contribution is 7.52. The minimum Gasteiger partial charge on any atom is -0.381 e. The molecule has 1 aliphatic rings. The number of aromatic amines is 1. The summed E-state index contributed by atoms with van der Waals surface area (Å²) in [6.45, 7) is 3.33. The van der Waals surface area contributed by atoms with Crippen LogP contribution < -0.4 is 15.7 Å². The van der Waals surface area contributed by atoms with E-state index in [0.717, 1.165) is 12.8 Å². The van der Waals surface area contributed by atoms with E-state index in [2.05, 4.69) is 21.9 Å². The van der Waals surface area contributed by atoms with Crippen LogP contribution in [0.5, 0.6) is 0 Å². The van der Waals surface area contributed by atoms with Crippen molar-refractivity contribution in [2.24, 2.45) is 11.8 Å². The number of hydrogen-bond acceptors (Lipinski definition) is 7. The molecule has 1 unspecified atom stereocenters. The van der Waals surface area contributed by atoms with E-state index in [1.165, 1.54) is 108 Å². The van der Waals surface area contributed by atoms with Crippen LogP contribution in [0.1, 0.15) is 110 Å². The zero-order valence-corrected chi connectivity index (χ0v) is 29.9. The van der Waals surface area contributed by atoms with Crippen molar-refractivity contribution in [3.8, 4) is 5.82 Å². The molecule has 0 spiro atoms. The van der Waals surface area contributed by atoms with Crippen LogP contribution in [0.25, 0.3) is 17.0 Å². The molecule has 49 heavy (non-hydrogen) atoms. The van der Waals surface area contributed by atoms with Gasteiger partial charge < -0.3 is 24.5 Å². The molecule has 3 aromatic heterocycles. The minimum absolute atomic E-state index is 0.0429. The van der Waals surface area contributed by atoms with E-state index in [4.69, 9.17) is 15.0 Å². The molecule has 0 aromatic carbocycles. The van der Waals surface area contributed by atoms with Gasteiger partial charge in [-0.15, -0.1) is 0 Å². The SMILES string of the molecule is CCCCCCCCCCCCCCCCOCCCOP(=O)(O)CC[C@H]1[C@@H](C[n+]2c[nH]c3c(-n4ccc(=O)cc4)nc(N)nc32)C1(F)F. The Kier molecular flexibility index (Phi) is 15.6. The van der Waals surface area contributed by atoms with Crippen LogP contribution in [0.15, 0.2) is 35.6 Å². The van der Waals surface area contributed by atoms with Crippen LogP contribution in [0.2, 0.25) is 0 Å². The average molecular weight is 710 g/mol. The van der Waals surface area contributed by atoms with Crippen molar-refractivity contribution in [1.82, 2.24) is 19.5 Å². The van der Waals surface area contributed by atoms with Gasteiger partial charge in [0, 0.05) is 43.7 Å². The molecule has 0 saturated heterocycles. The zero-order valence-electron chi connectivity index (χ0n) is 29.0. The van der Waals surface area contributed by atoms with Crippen LogP contribution in [-0.2, 0) is 20.4 Å². The molecule has 1 fully saturated rings. The first-order valence-corrected chi connectivity index (χ1v) is 20.0. The second-order valence-corrected chi connectivity index (χ2v) is 15.4. The van der Waals surface area contributed by atoms with E-state index < -0.39 is 25.4 Å². The number of H-pyrrole nitrogens is 1. The highest BCUT2D eigenvalue weighted by Gasteiger charge is 2.68. The molecule has 3 heterocycles. The predicted octanol–water partition coefficient (Wildman–Crippen LogP) is 7.34. The largest absolute Gasteiger partial charge is 0.381 e. The average Bonchev–Trinajstić information content (AvgIpc) is 3.35. The van der Waals surface area contributed by atoms with Gasteiger partial charge in [-0.3, -0.25) is 14.3 Å². The number of nitrogens with zero attached hydrogens (tertiary/aromatic N) is 4. The number of imidazole rings is 1. The Balaban J connectivity index is 1.05. The Labute approximate surface area is 288 Å². The van der Waals surface area contributed by atoms with Crippen molar-refractivity contribution in [1.29, 1.82) is 0 Å². The fourth-order valence-electron chi connectivity index (χ4n) is 6.43. The molecule has 3 atom stereocenters. The Morgan fingerprint density at radius 3 is 2.14 bits per heavy atom. The van der Waals surface area contributed by atoms with E-state index >= 15 is 0 Å². The number of unbranched alkanes of at least 4 members (excludes halogenated alkanes) is 13. The fourth-order valence-corrected chi connectivity index (χ4v) is 7.57. The van der Waals surface area contributed by atoms with Gasteiger partial charge in [0.2, 0.25) is 5.52 Å². The summed E-state index contributed by atoms with van der Waals surface area (Å²) in [7, 11) is -4.01. The number of aromatic nitrogens is 5. The van der Waals surface area contributed by atoms with Crippen molar-refractivity contribution >= 4 is 24.7 Å². The molecule has 1 saturated carbocycles. The van der Waals surface area contributed by atoms with E-state index in [9.17, 15) is 23.0 Å². The minimum atomic E-state index is -4.01. The van der Waals surface area contributed by atoms with E-state index in [1.807, 2.05) is 0 Å². The molecule has 0 bridgehead atoms. The van der Waals surface area contributed by atoms with Crippen molar-refractivity contribution in [3.63, 3.8) is 0 Å². The van der Waals surface area contributed by atoms with Gasteiger partial charge in [0.05, 0.1) is 25.2 Å². The first kappa shape index (κ1) is 39.1. The van der Waals surface area contributed by atoms with Crippen molar-refractivity contribution in [2.45, 2.75) is 122 Å². The third-order valence-corrected chi connectivity index (χ3v) is 10.8. The molecule has 0 aliphatic heterocycles. The van der Waals surface area contributed by atoms with Gasteiger partial charge in [-0.2, -0.15) is 4.98 Å². The van der Waals surface area contributed by atoms with Crippen LogP contribution in [0.4, 0.5) is 14.7 Å². The Hall–Kier alpha value is -2.73. The van der Waals surface area contributed by atoms with Crippen molar-refractivity contribution < 1.29 is 32.1 Å². The number of alkyl halides is 2. The van der Waals surface area contributed by atoms with Gasteiger partial charge in [0.15, 0.2) is 17.6 Å². The topological polar surface area (TPSA) is 149 Å². The summed E-state index contributed by atoms with van der Waals surface area (Å²) in [5, 5.41) is 0. The number of fused-ring (bicyclic) bond motifs is 1. The van der Waals surface area contributed by atoms with Gasteiger partial charge in [0.25, 0.3) is 11.9 Å². The highest BCUT2D eigenvalue weighted by atomic mass is 31.2. The van der Waals surface area contributed by atoms with Crippen LogP contribution >= 0.6 is 7.60 Å². The number of hydrogen-bond donors (Lipinski definition) is 3. The fraction of sp³-hybridized carbons (Fsp3) is 0.714. The number of nitrogens with two attached hydrogens (primary N) is 1. The third kappa shape index (κ3) is 12.5. The van der Waals surface area contributed by atoms with Gasteiger partial charge in [-0.1, -0.05) is 95.4 Å². The predicted molar refractivity (Wildman–Crippen MR) is 187 cm³/mol. The van der Waals surface area contributed by atoms with E-state index in [-0.39, 0.29) is 37.1 Å². The number of nitrogen functional groups attached to an aromatic ring is 1. The summed E-state index contributed by atoms with van der Waals surface area (Å²) >= 11 is 0. The smallest absolute Gasteiger partial charge is 0.328 e. The Morgan fingerprint density at radius 1 is 0.918 bits per heavy atom. The molecule has 274 valence electrons. The van der Waals surface area contributed by atoms with Crippen LogP contribution in [0.3, 0.4) is 0 Å². The number of halogens is 2. The summed E-state index contributed by atoms with van der Waals surface area (Å²) in [6, 6.07) is 2.74. The molecule has 0 amide bonds. The maximum atomic E-state index is 14.8. The summed E-state index contributed by atoms with van der Waals surface area (Å²) in [5.74, 6) is -4.75. The lowest BCUT2D eigenvalue weighted by Gasteiger charge is -2.12. The van der Waals surface area contributed by atoms with Gasteiger partial charge in [0.1, 0.15) is 0 Å². The van der Waals surface area contributed by atoms with Crippen LogP contribution in [-0.4, -0.2) is 56.3 Å². The van der Waals surface area contributed by atoms with Gasteiger partial charge in [-0.05, 0) is 19.3 Å². The molecule has 4 rings (SSSR count). The van der Waals surface area contributed by atoms with Crippen LogP contribution in [0, 0.1) is 11.8 Å². The molecule has 14 heteroatoms. The zero-order chi connectivity index (χ0) is 35.1. The first-order chi connectivity index (χ1) is 23.6. The van der Waals surface area contributed by atoms with E-state index in [1.54, 1.807) is 9.13 Å². The van der Waals surface area contributed by atoms with E-state index in [0.29, 0.717) is 36.6 Å². The summed E-state index contributed by atoms with van der Waals surface area (Å²) in [5.41, 5.74) is 6.55. The summed E-state index contributed by atoms with van der Waals surface area (Å²) in [4.78, 5) is 33.3. The van der Waals surface area contributed by atoms with Crippen molar-refractivity contribution in [3.05, 3.63) is 41.1 Å². The molecular weight excluding hydrogens is 653 g/mol. The lowest BCUT2D eigenvalue weighted by Crippen LogP contribution is -2.35. The first-order valence-electron chi connectivity index (χ1n) is 18.3. The van der Waals surface area contributed by atoms with Crippen molar-refractivity contribution in [2.75, 3.05) is 31.7 Å². The lowest BCUT2D eigenvalue weighted by molar-refractivity contribution is -0.677. The number of rotatable bonds is 26. The second kappa shape index (κ2) is 19.6. The normalized spacial score (nSPS) is 18.2. The maximum Gasteiger partial charge on any atom is 0.328 e. The monoisotopic (exact) mass is 709 g/mol. The maximum absolute atomic E-state index is 14.8. The standard InChI is InChI=1S/C35H55F2N6O5P/c1-2-3-4-5-6-7-8-9-10-11-12-13-14-15-22-47-23-16-24-48-49(45,46)25-19-29-30(35(29,36)37)26-43-27-39-31-32(40-34(38)41-33(31)43)42-20-17-28(44)18-21-42/h17-18,20-21,27,29-30H,2-16,19,22-26H2,1H3,(H3,38,40,41,45,46)/p+1/t29-,30+/m0/s1. The molecule has 4 N–H and O–H groups in total. The number of anilines is 1. The second-order valence-electron chi connectivity index (χ2n) is 13.4. The summed E-state index contributed by atoms with van der Waals surface area (Å²) in [6.07, 6.45) is 22.8. The summed E-state index contributed by atoms with van der Waals surface area (Å²) < 4.78 is 56.1. The van der Waals surface area contributed by atoms with Gasteiger partial charge in [-0.25, -0.2) is 13.3 Å². The van der Waals surface area contributed by atoms with Gasteiger partial charge >= 0.3 is 13.2 Å². The molecule has 1 aliphatic carbocycles. The molecule has 0 radical (unpaired) electrons. The number of pyridine rings is 1. The number of nitrogens with one attached hydrogen (secondary N) is 1. The quantitative estimate of drug-likeness (QED) is 0.0446. The molecule has 3 aromatic rings. The Bertz CT molecular complexity index is 1520. The highest BCUT2D eigenvalue weighted by Crippen LogP contribution is 2.59. The Morgan fingerprint density at radius 2 is 1.51 bits per heavy atom. The molecule has 11 nitrogen and oxygen atoms in total. The lowest BCUT2D eigenvalue weighted by atomic mass is 10.0.